The Morgan fingerprint density at radius 2 is 0.407 bits per heavy atom. The van der Waals surface area contributed by atoms with Gasteiger partial charge in [-0.3, -0.25) is 0 Å². The summed E-state index contributed by atoms with van der Waals surface area (Å²) in [6.45, 7) is 0. The Bertz CT molecular complexity index is 3850. The number of fused-ring (bicyclic) bond motifs is 11. The monoisotopic (exact) mass is 1030 g/mol. The smallest absolute Gasteiger partial charge is 0.0716 e. The van der Waals surface area contributed by atoms with Crippen LogP contribution >= 0.6 is 0 Å². The van der Waals surface area contributed by atoms with Crippen molar-refractivity contribution in [3.63, 3.8) is 0 Å². The minimum absolute atomic E-state index is 0.851. The molecule has 4 aliphatic heterocycles. The number of hydrogen-bond donors (Lipinski definition) is 0. The lowest BCUT2D eigenvalue weighted by Crippen LogP contribution is -2.31. The minimum Gasteiger partial charge on any atom is -0.310 e. The third-order valence-corrected chi connectivity index (χ3v) is 18.0. The molecule has 81 heavy (non-hydrogen) atoms. The van der Waals surface area contributed by atoms with Crippen molar-refractivity contribution in [1.29, 1.82) is 0 Å². The first-order valence-electron chi connectivity index (χ1n) is 28.5. The second-order valence-electron chi connectivity index (χ2n) is 22.4. The summed E-state index contributed by atoms with van der Waals surface area (Å²) in [6, 6.07) is 106. The highest BCUT2D eigenvalue weighted by atomic mass is 15.2. The third kappa shape index (κ3) is 6.90. The standard InChI is InChI=1S/C77H54N4/c1-13-33-69-51(21-1)41-52-22-2-14-34-70(52)78(69)61-45-59(46-62(49-61)79-71-35-15-3-23-53(71)42-54-24-4-16-36-72(54)79)77(67-31-11-9-29-65(67)66-30-10-12-32-68(66)77)60-47-63(80-73-37-17-5-25-55(73)43-56-26-6-18-38-74(56)80)50-64(48-60)81-75-39-19-7-27-57(75)44-58-28-8-20-40-76(58)81/h1-40,45-50H,41-44H2. The van der Waals surface area contributed by atoms with Crippen LogP contribution in [0.2, 0.25) is 0 Å². The van der Waals surface area contributed by atoms with Crippen LogP contribution in [0.15, 0.2) is 279 Å². The van der Waals surface area contributed by atoms with Gasteiger partial charge in [-0.2, -0.15) is 0 Å². The first kappa shape index (κ1) is 45.8. The van der Waals surface area contributed by atoms with Crippen LogP contribution in [0.3, 0.4) is 0 Å². The van der Waals surface area contributed by atoms with E-state index in [0.717, 1.165) is 48.4 Å². The van der Waals surface area contributed by atoms with E-state index in [1.807, 2.05) is 0 Å². The van der Waals surface area contributed by atoms with E-state index in [1.54, 1.807) is 0 Å². The normalized spacial score (nSPS) is 14.5. The fourth-order valence-electron chi connectivity index (χ4n) is 14.6. The molecule has 0 radical (unpaired) electrons. The van der Waals surface area contributed by atoms with Crippen LogP contribution in [0, 0.1) is 0 Å². The van der Waals surface area contributed by atoms with Gasteiger partial charge in [0.1, 0.15) is 0 Å². The molecule has 0 unspecified atom stereocenters. The number of rotatable bonds is 6. The summed E-state index contributed by atoms with van der Waals surface area (Å²) in [5, 5.41) is 0. The molecule has 4 nitrogen and oxygen atoms in total. The summed E-state index contributed by atoms with van der Waals surface area (Å²) in [5.41, 5.74) is 31.1. The van der Waals surface area contributed by atoms with Gasteiger partial charge in [0.15, 0.2) is 0 Å². The average molecular weight is 1040 g/mol. The van der Waals surface area contributed by atoms with Crippen LogP contribution in [0.4, 0.5) is 68.2 Å². The van der Waals surface area contributed by atoms with Crippen molar-refractivity contribution >= 4 is 68.2 Å². The molecule has 4 heterocycles. The first-order valence-corrected chi connectivity index (χ1v) is 28.5. The lowest BCUT2D eigenvalue weighted by molar-refractivity contribution is 0.768. The molecule has 4 heteroatoms. The summed E-state index contributed by atoms with van der Waals surface area (Å²) in [6.07, 6.45) is 3.48. The van der Waals surface area contributed by atoms with Gasteiger partial charge < -0.3 is 19.6 Å². The number of para-hydroxylation sites is 8. The summed E-state index contributed by atoms with van der Waals surface area (Å²) >= 11 is 0. The highest BCUT2D eigenvalue weighted by Crippen LogP contribution is 2.61. The molecule has 0 amide bonds. The molecule has 1 aliphatic carbocycles. The van der Waals surface area contributed by atoms with Gasteiger partial charge in [-0.05, 0) is 163 Å². The first-order chi connectivity index (χ1) is 40.2. The van der Waals surface area contributed by atoms with Gasteiger partial charge in [-0.1, -0.05) is 194 Å². The number of benzene rings is 12. The Hall–Kier alpha value is -10.2. The Labute approximate surface area is 473 Å². The minimum atomic E-state index is -0.851. The van der Waals surface area contributed by atoms with E-state index in [1.165, 1.54) is 123 Å². The summed E-state index contributed by atoms with van der Waals surface area (Å²) in [5.74, 6) is 0. The van der Waals surface area contributed by atoms with Crippen LogP contribution in [0.5, 0.6) is 0 Å². The van der Waals surface area contributed by atoms with E-state index in [4.69, 9.17) is 0 Å². The quantitative estimate of drug-likeness (QED) is 0.165. The summed E-state index contributed by atoms with van der Waals surface area (Å²) in [4.78, 5) is 10.2. The Morgan fingerprint density at radius 3 is 0.642 bits per heavy atom. The zero-order valence-corrected chi connectivity index (χ0v) is 44.7. The lowest BCUT2D eigenvalue weighted by Gasteiger charge is -2.41. The fraction of sp³-hybridized carbons (Fsp3) is 0.0649. The van der Waals surface area contributed by atoms with E-state index in [-0.39, 0.29) is 0 Å². The van der Waals surface area contributed by atoms with Gasteiger partial charge in [0, 0.05) is 93.9 Å². The van der Waals surface area contributed by atoms with Gasteiger partial charge in [0.25, 0.3) is 0 Å². The van der Waals surface area contributed by atoms with Crippen molar-refractivity contribution in [3.05, 3.63) is 346 Å². The zero-order valence-electron chi connectivity index (χ0n) is 44.7. The van der Waals surface area contributed by atoms with E-state index < -0.39 is 5.41 Å². The van der Waals surface area contributed by atoms with Gasteiger partial charge >= 0.3 is 0 Å². The molecular weight excluding hydrogens is 981 g/mol. The molecular formula is C77H54N4. The molecule has 12 aromatic rings. The molecule has 382 valence electrons. The maximum Gasteiger partial charge on any atom is 0.0716 e. The highest BCUT2D eigenvalue weighted by Gasteiger charge is 2.48. The van der Waals surface area contributed by atoms with E-state index in [2.05, 4.69) is 299 Å². The molecule has 12 aromatic carbocycles. The summed E-state index contributed by atoms with van der Waals surface area (Å²) < 4.78 is 0. The molecule has 17 rings (SSSR count). The topological polar surface area (TPSA) is 13.0 Å². The van der Waals surface area contributed by atoms with Crippen LogP contribution < -0.4 is 19.6 Å². The molecule has 0 bridgehead atoms. The number of nitrogens with zero attached hydrogens (tertiary/aromatic N) is 4. The van der Waals surface area contributed by atoms with Crippen molar-refractivity contribution in [2.75, 3.05) is 19.6 Å². The molecule has 5 aliphatic rings. The SMILES string of the molecule is c1ccc2c(c1)Cc1ccccc1N2c1cc(N2c3ccccc3Cc3ccccc32)cc(C2(c3cc(N4c5ccccc5Cc5ccccc54)cc(N4c5ccccc5Cc5ccccc54)c3)c3ccccc3-c3ccccc32)c1. The average Bonchev–Trinajstić information content (AvgIpc) is 4.05. The molecule has 0 N–H and O–H groups in total. The molecule has 0 spiro atoms. The van der Waals surface area contributed by atoms with Crippen molar-refractivity contribution in [3.8, 4) is 11.1 Å². The molecule has 0 fully saturated rings. The van der Waals surface area contributed by atoms with Crippen molar-refractivity contribution in [1.82, 2.24) is 0 Å². The Kier molecular flexibility index (Phi) is 10.1. The Morgan fingerprint density at radius 1 is 0.210 bits per heavy atom. The van der Waals surface area contributed by atoms with E-state index >= 15 is 0 Å². The van der Waals surface area contributed by atoms with Crippen molar-refractivity contribution < 1.29 is 0 Å². The second-order valence-corrected chi connectivity index (χ2v) is 22.4. The zero-order chi connectivity index (χ0) is 53.2. The molecule has 0 saturated carbocycles. The predicted molar refractivity (Wildman–Crippen MR) is 334 cm³/mol. The maximum atomic E-state index is 2.55. The van der Waals surface area contributed by atoms with Crippen molar-refractivity contribution in [2.24, 2.45) is 0 Å². The largest absolute Gasteiger partial charge is 0.310 e. The van der Waals surface area contributed by atoms with Gasteiger partial charge in [-0.15, -0.1) is 0 Å². The van der Waals surface area contributed by atoms with Gasteiger partial charge in [-0.25, -0.2) is 0 Å². The van der Waals surface area contributed by atoms with E-state index in [9.17, 15) is 0 Å². The van der Waals surface area contributed by atoms with Crippen LogP contribution in [0.25, 0.3) is 11.1 Å². The highest BCUT2D eigenvalue weighted by molar-refractivity contribution is 5.95. The second kappa shape index (κ2) is 17.9. The van der Waals surface area contributed by atoms with E-state index in [0.29, 0.717) is 0 Å². The van der Waals surface area contributed by atoms with Crippen LogP contribution in [-0.4, -0.2) is 0 Å². The molecule has 0 saturated heterocycles. The fourth-order valence-corrected chi connectivity index (χ4v) is 14.6. The molecule has 0 aromatic heterocycles. The lowest BCUT2D eigenvalue weighted by atomic mass is 9.67. The van der Waals surface area contributed by atoms with Gasteiger partial charge in [0.2, 0.25) is 0 Å². The summed E-state index contributed by atoms with van der Waals surface area (Å²) in [7, 11) is 0. The maximum absolute atomic E-state index is 2.55. The number of hydrogen-bond acceptors (Lipinski definition) is 4. The molecule has 0 atom stereocenters. The van der Waals surface area contributed by atoms with Crippen LogP contribution in [0.1, 0.15) is 66.8 Å². The van der Waals surface area contributed by atoms with Crippen molar-refractivity contribution in [2.45, 2.75) is 31.1 Å². The predicted octanol–water partition coefficient (Wildman–Crippen LogP) is 19.5. The van der Waals surface area contributed by atoms with Gasteiger partial charge in [0.05, 0.1) is 5.41 Å². The Balaban J connectivity index is 1.03. The third-order valence-electron chi connectivity index (χ3n) is 18.0. The van der Waals surface area contributed by atoms with Crippen LogP contribution in [-0.2, 0) is 31.1 Å². The number of anilines is 12.